The maximum atomic E-state index is 13.5. The number of anilines is 1. The van der Waals surface area contributed by atoms with Gasteiger partial charge in [0.05, 0.1) is 38.0 Å². The third-order valence-corrected chi connectivity index (χ3v) is 6.71. The zero-order valence-corrected chi connectivity index (χ0v) is 17.2. The van der Waals surface area contributed by atoms with Crippen LogP contribution in [-0.4, -0.2) is 48.6 Å². The summed E-state index contributed by atoms with van der Waals surface area (Å²) in [5.41, 5.74) is 2.60. The normalized spacial score (nSPS) is 20.4. The largest absolute Gasteiger partial charge is 0.465 e. The number of likely N-dealkylation sites (N-methyl/N-ethyl adjacent to an activating group) is 1. The monoisotopic (exact) mass is 373 g/mol. The Bertz CT molecular complexity index is 729. The van der Waals surface area contributed by atoms with Crippen LogP contribution in [0.25, 0.3) is 0 Å². The van der Waals surface area contributed by atoms with Crippen molar-refractivity contribution in [2.75, 3.05) is 32.1 Å². The Morgan fingerprint density at radius 3 is 2.26 bits per heavy atom. The third kappa shape index (κ3) is 3.49. The number of quaternary nitrogens is 1. The number of rotatable bonds is 5. The number of ether oxygens (including phenoxy) is 1. The van der Waals surface area contributed by atoms with E-state index < -0.39 is 5.97 Å². The molecule has 0 spiro atoms. The maximum absolute atomic E-state index is 13.5. The Labute approximate surface area is 162 Å². The lowest BCUT2D eigenvalue weighted by atomic mass is 10.0. The van der Waals surface area contributed by atoms with E-state index in [1.54, 1.807) is 6.07 Å². The molecule has 3 rings (SSSR count). The summed E-state index contributed by atoms with van der Waals surface area (Å²) in [5.74, 6) is -0.334. The van der Waals surface area contributed by atoms with Crippen molar-refractivity contribution in [2.24, 2.45) is 0 Å². The van der Waals surface area contributed by atoms with E-state index in [1.165, 1.54) is 32.8 Å². The second-order valence-corrected chi connectivity index (χ2v) is 8.30. The molecule has 1 saturated heterocycles. The molecule has 0 atom stereocenters. The van der Waals surface area contributed by atoms with Crippen molar-refractivity contribution in [2.45, 2.75) is 64.8 Å². The van der Waals surface area contributed by atoms with Crippen LogP contribution in [0.5, 0.6) is 0 Å². The lowest BCUT2D eigenvalue weighted by molar-refractivity contribution is -0.950. The van der Waals surface area contributed by atoms with Crippen LogP contribution in [0.1, 0.15) is 66.9 Å². The van der Waals surface area contributed by atoms with Gasteiger partial charge >= 0.3 is 5.97 Å². The number of hydrogen-bond acceptors (Lipinski definition) is 3. The zero-order chi connectivity index (χ0) is 19.7. The topological polar surface area (TPSA) is 55.4 Å². The van der Waals surface area contributed by atoms with E-state index in [2.05, 4.69) is 12.2 Å². The first-order valence-corrected chi connectivity index (χ1v) is 10.3. The van der Waals surface area contributed by atoms with Crippen molar-refractivity contribution in [3.05, 3.63) is 28.8 Å². The van der Waals surface area contributed by atoms with Gasteiger partial charge in [-0.25, -0.2) is 4.79 Å². The van der Waals surface area contributed by atoms with Crippen LogP contribution in [0.15, 0.2) is 12.1 Å². The van der Waals surface area contributed by atoms with Crippen LogP contribution in [0.4, 0.5) is 5.69 Å². The summed E-state index contributed by atoms with van der Waals surface area (Å²) >= 11 is 0. The Hall–Kier alpha value is -1.88. The molecule has 1 N–H and O–H groups in total. The van der Waals surface area contributed by atoms with Gasteiger partial charge < -0.3 is 14.5 Å². The minimum atomic E-state index is -0.406. The molecule has 5 nitrogen and oxygen atoms in total. The fourth-order valence-corrected chi connectivity index (χ4v) is 5.01. The van der Waals surface area contributed by atoms with Gasteiger partial charge in [0.2, 0.25) is 0 Å². The third-order valence-electron chi connectivity index (χ3n) is 6.71. The van der Waals surface area contributed by atoms with Gasteiger partial charge in [-0.05, 0) is 63.6 Å². The number of benzene rings is 1. The summed E-state index contributed by atoms with van der Waals surface area (Å²) in [7, 11) is 1.38. The second kappa shape index (κ2) is 7.63. The van der Waals surface area contributed by atoms with E-state index in [4.69, 9.17) is 4.74 Å². The number of likely N-dealkylation sites (tertiary alicyclic amines) is 1. The Balaban J connectivity index is 1.92. The number of hydrogen-bond donors (Lipinski definition) is 1. The van der Waals surface area contributed by atoms with Gasteiger partial charge in [-0.2, -0.15) is 0 Å². The van der Waals surface area contributed by atoms with Crippen LogP contribution in [-0.2, 0) is 9.53 Å². The first-order valence-electron chi connectivity index (χ1n) is 10.3. The molecule has 5 heteroatoms. The summed E-state index contributed by atoms with van der Waals surface area (Å²) in [6.07, 6.45) is 6.79. The van der Waals surface area contributed by atoms with Gasteiger partial charge in [-0.1, -0.05) is 6.07 Å². The summed E-state index contributed by atoms with van der Waals surface area (Å²) < 4.78 is 5.85. The van der Waals surface area contributed by atoms with Gasteiger partial charge in [-0.15, -0.1) is 0 Å². The number of carbonyl (C=O) groups is 2. The van der Waals surface area contributed by atoms with Gasteiger partial charge in [0.15, 0.2) is 5.54 Å². The van der Waals surface area contributed by atoms with Gasteiger partial charge in [0.25, 0.3) is 5.91 Å². The Morgan fingerprint density at radius 2 is 1.74 bits per heavy atom. The highest BCUT2D eigenvalue weighted by atomic mass is 16.5. The summed E-state index contributed by atoms with van der Waals surface area (Å²) in [6, 6.07) is 3.79. The predicted molar refractivity (Wildman–Crippen MR) is 107 cm³/mol. The second-order valence-electron chi connectivity index (χ2n) is 8.30. The highest BCUT2D eigenvalue weighted by Gasteiger charge is 2.64. The Morgan fingerprint density at radius 1 is 1.11 bits per heavy atom. The summed E-state index contributed by atoms with van der Waals surface area (Å²) in [5, 5.41) is 3.15. The molecule has 0 radical (unpaired) electrons. The van der Waals surface area contributed by atoms with Crippen LogP contribution in [0, 0.1) is 13.8 Å². The highest BCUT2D eigenvalue weighted by Crippen LogP contribution is 2.49. The van der Waals surface area contributed by atoms with Crippen LogP contribution in [0.2, 0.25) is 0 Å². The van der Waals surface area contributed by atoms with Crippen molar-refractivity contribution in [1.29, 1.82) is 0 Å². The van der Waals surface area contributed by atoms with Crippen molar-refractivity contribution in [3.63, 3.8) is 0 Å². The number of methoxy groups -OCH3 is 1. The molecule has 148 valence electrons. The molecule has 1 heterocycles. The number of nitrogens with zero attached hydrogens (tertiary/aromatic N) is 1. The van der Waals surface area contributed by atoms with E-state index in [0.29, 0.717) is 11.3 Å². The van der Waals surface area contributed by atoms with E-state index in [-0.39, 0.29) is 11.4 Å². The molecule has 1 saturated carbocycles. The molecular formula is C22H33N2O3+. The first-order chi connectivity index (χ1) is 12.9. The number of esters is 1. The van der Waals surface area contributed by atoms with E-state index in [9.17, 15) is 9.59 Å². The molecular weight excluding hydrogens is 340 g/mol. The smallest absolute Gasteiger partial charge is 0.339 e. The lowest BCUT2D eigenvalue weighted by Gasteiger charge is -2.43. The van der Waals surface area contributed by atoms with Crippen molar-refractivity contribution < 1.29 is 18.8 Å². The van der Waals surface area contributed by atoms with Gasteiger partial charge in [-0.3, -0.25) is 4.79 Å². The van der Waals surface area contributed by atoms with Gasteiger partial charge in [0.1, 0.15) is 0 Å². The molecule has 1 aromatic carbocycles. The number of amides is 1. The number of aryl methyl sites for hydroxylation is 2. The summed E-state index contributed by atoms with van der Waals surface area (Å²) in [6.45, 7) is 9.26. The van der Waals surface area contributed by atoms with Crippen molar-refractivity contribution in [3.8, 4) is 0 Å². The Kier molecular flexibility index (Phi) is 5.61. The molecule has 1 aliphatic heterocycles. The van der Waals surface area contributed by atoms with E-state index in [0.717, 1.165) is 48.1 Å². The predicted octanol–water partition coefficient (Wildman–Crippen LogP) is 3.97. The maximum Gasteiger partial charge on any atom is 0.339 e. The van der Waals surface area contributed by atoms with E-state index >= 15 is 0 Å². The molecule has 27 heavy (non-hydrogen) atoms. The first kappa shape index (κ1) is 19.9. The molecule has 0 aromatic heterocycles. The molecule has 0 unspecified atom stereocenters. The molecule has 2 aliphatic rings. The quantitative estimate of drug-likeness (QED) is 0.628. The minimum absolute atomic E-state index is 0.0726. The molecule has 1 amide bonds. The van der Waals surface area contributed by atoms with Crippen LogP contribution < -0.4 is 5.32 Å². The van der Waals surface area contributed by atoms with Gasteiger partial charge in [0, 0.05) is 12.8 Å². The molecule has 1 aliphatic carbocycles. The van der Waals surface area contributed by atoms with E-state index in [1.807, 2.05) is 19.9 Å². The average molecular weight is 374 g/mol. The average Bonchev–Trinajstić information content (AvgIpc) is 3.47. The number of nitrogens with one attached hydrogen (secondary N) is 1. The molecule has 2 fully saturated rings. The SMILES string of the molecule is CC[N+]1(C2(C(=O)Nc3c(C)cc(C)cc3C(=O)OC)CC2)CCCCCC1. The molecule has 0 bridgehead atoms. The van der Waals surface area contributed by atoms with Crippen LogP contribution in [0.3, 0.4) is 0 Å². The lowest BCUT2D eigenvalue weighted by Crippen LogP contribution is -2.62. The highest BCUT2D eigenvalue weighted by molar-refractivity contribution is 6.05. The minimum Gasteiger partial charge on any atom is -0.465 e. The fourth-order valence-electron chi connectivity index (χ4n) is 5.01. The number of carbonyl (C=O) groups excluding carboxylic acids is 2. The molecule has 1 aromatic rings. The van der Waals surface area contributed by atoms with Crippen molar-refractivity contribution >= 4 is 17.6 Å². The van der Waals surface area contributed by atoms with Crippen molar-refractivity contribution in [1.82, 2.24) is 0 Å². The van der Waals surface area contributed by atoms with Crippen LogP contribution >= 0.6 is 0 Å². The standard InChI is InChI=1S/C22H32N2O3/c1-5-24(12-8-6-7-9-13-24)22(10-11-22)21(26)23-19-17(3)14-16(2)15-18(19)20(25)27-4/h14-15H,5-13H2,1-4H3/p+1. The summed E-state index contributed by atoms with van der Waals surface area (Å²) in [4.78, 5) is 25.8. The fraction of sp³-hybridized carbons (Fsp3) is 0.636. The zero-order valence-electron chi connectivity index (χ0n) is 17.2.